The van der Waals surface area contributed by atoms with Gasteiger partial charge in [0, 0.05) is 26.2 Å². The summed E-state index contributed by atoms with van der Waals surface area (Å²) >= 11 is 0. The van der Waals surface area contributed by atoms with Crippen LogP contribution in [-0.4, -0.2) is 74.4 Å². The van der Waals surface area contributed by atoms with Crippen LogP contribution >= 0.6 is 0 Å². The fourth-order valence-electron chi connectivity index (χ4n) is 2.17. The number of piperidine rings is 1. The number of likely N-dealkylation sites (tertiary alicyclic amines) is 1. The van der Waals surface area contributed by atoms with Crippen LogP contribution in [0.1, 0.15) is 19.3 Å². The summed E-state index contributed by atoms with van der Waals surface area (Å²) in [4.78, 5) is 4.52. The first-order chi connectivity index (χ1) is 7.68. The zero-order valence-corrected chi connectivity index (χ0v) is 10.8. The lowest BCUT2D eigenvalue weighted by molar-refractivity contribution is 0.133. The van der Waals surface area contributed by atoms with Crippen LogP contribution in [-0.2, 0) is 0 Å². The number of hydrogen-bond donors (Lipinski definition) is 2. The summed E-state index contributed by atoms with van der Waals surface area (Å²) in [6, 6.07) is 0. The van der Waals surface area contributed by atoms with Crippen molar-refractivity contribution < 1.29 is 5.11 Å². The highest BCUT2D eigenvalue weighted by Crippen LogP contribution is 2.07. The van der Waals surface area contributed by atoms with Crippen molar-refractivity contribution in [1.29, 1.82) is 0 Å². The predicted octanol–water partition coefficient (Wildman–Crippen LogP) is -0.0156. The number of nitrogens with zero attached hydrogens (tertiary/aromatic N) is 2. The van der Waals surface area contributed by atoms with Crippen molar-refractivity contribution in [3.8, 4) is 0 Å². The minimum Gasteiger partial charge on any atom is -0.390 e. The average molecular weight is 229 g/mol. The van der Waals surface area contributed by atoms with Crippen molar-refractivity contribution in [2.75, 3.05) is 53.4 Å². The van der Waals surface area contributed by atoms with Crippen molar-refractivity contribution in [1.82, 2.24) is 15.1 Å². The molecule has 96 valence electrons. The maximum Gasteiger partial charge on any atom is 0.0791 e. The second-order valence-electron chi connectivity index (χ2n) is 5.02. The summed E-state index contributed by atoms with van der Waals surface area (Å²) in [6.45, 7) is 6.05. The quantitative estimate of drug-likeness (QED) is 0.602. The number of hydrogen-bond acceptors (Lipinski definition) is 4. The molecule has 4 nitrogen and oxygen atoms in total. The lowest BCUT2D eigenvalue weighted by Gasteiger charge is -2.26. The molecule has 0 spiro atoms. The Kier molecular flexibility index (Phi) is 6.96. The molecular formula is C12H27N3O. The number of aliphatic hydroxyl groups is 1. The average Bonchev–Trinajstić information content (AvgIpc) is 2.25. The molecule has 0 aromatic carbocycles. The molecule has 0 bridgehead atoms. The van der Waals surface area contributed by atoms with Crippen LogP contribution in [0, 0.1) is 0 Å². The van der Waals surface area contributed by atoms with E-state index in [4.69, 9.17) is 0 Å². The third-order valence-electron chi connectivity index (χ3n) is 3.01. The van der Waals surface area contributed by atoms with Crippen LogP contribution in [0.5, 0.6) is 0 Å². The van der Waals surface area contributed by atoms with Crippen molar-refractivity contribution in [3.63, 3.8) is 0 Å². The third kappa shape index (κ3) is 6.43. The number of rotatable bonds is 7. The molecule has 1 heterocycles. The molecule has 1 fully saturated rings. The fraction of sp³-hybridized carbons (Fsp3) is 1.00. The highest BCUT2D eigenvalue weighted by Gasteiger charge is 2.09. The summed E-state index contributed by atoms with van der Waals surface area (Å²) in [6.07, 6.45) is 3.84. The smallest absolute Gasteiger partial charge is 0.0791 e. The van der Waals surface area contributed by atoms with Crippen LogP contribution in [0.2, 0.25) is 0 Å². The Labute approximate surface area is 99.6 Å². The van der Waals surface area contributed by atoms with E-state index < -0.39 is 0 Å². The second kappa shape index (κ2) is 8.01. The van der Waals surface area contributed by atoms with E-state index in [9.17, 15) is 5.11 Å². The van der Waals surface area contributed by atoms with Gasteiger partial charge in [-0.25, -0.2) is 0 Å². The van der Waals surface area contributed by atoms with E-state index in [1.807, 2.05) is 19.0 Å². The van der Waals surface area contributed by atoms with E-state index in [2.05, 4.69) is 10.2 Å². The Balaban J connectivity index is 1.94. The molecule has 4 heteroatoms. The van der Waals surface area contributed by atoms with E-state index >= 15 is 0 Å². The minimum absolute atomic E-state index is 0.253. The van der Waals surface area contributed by atoms with Gasteiger partial charge in [-0.15, -0.1) is 0 Å². The molecule has 0 saturated carbocycles. The standard InChI is InChI=1S/C12H27N3O/c1-14(2)11-12(16)10-13-6-9-15-7-4-3-5-8-15/h12-13,16H,3-11H2,1-2H3. The number of aliphatic hydroxyl groups excluding tert-OH is 1. The van der Waals surface area contributed by atoms with Crippen molar-refractivity contribution >= 4 is 0 Å². The van der Waals surface area contributed by atoms with Gasteiger partial charge in [0.15, 0.2) is 0 Å². The van der Waals surface area contributed by atoms with Crippen molar-refractivity contribution in [2.24, 2.45) is 0 Å². The topological polar surface area (TPSA) is 38.7 Å². The maximum absolute atomic E-state index is 9.64. The summed E-state index contributed by atoms with van der Waals surface area (Å²) in [7, 11) is 3.97. The van der Waals surface area contributed by atoms with Gasteiger partial charge in [-0.3, -0.25) is 0 Å². The van der Waals surface area contributed by atoms with Crippen LogP contribution in [0.4, 0.5) is 0 Å². The van der Waals surface area contributed by atoms with E-state index in [0.717, 1.165) is 19.6 Å². The lowest BCUT2D eigenvalue weighted by atomic mass is 10.1. The molecule has 0 aromatic rings. The minimum atomic E-state index is -0.253. The Bertz CT molecular complexity index is 170. The molecule has 1 aliphatic heterocycles. The lowest BCUT2D eigenvalue weighted by Crippen LogP contribution is -2.40. The molecule has 0 aromatic heterocycles. The molecule has 0 aliphatic carbocycles. The summed E-state index contributed by atoms with van der Waals surface area (Å²) in [5, 5.41) is 13.0. The molecule has 1 atom stereocenters. The normalized spacial score (nSPS) is 20.2. The van der Waals surface area contributed by atoms with E-state index in [-0.39, 0.29) is 6.10 Å². The fourth-order valence-corrected chi connectivity index (χ4v) is 2.17. The van der Waals surface area contributed by atoms with Gasteiger partial charge in [0.2, 0.25) is 0 Å². The third-order valence-corrected chi connectivity index (χ3v) is 3.01. The Morgan fingerprint density at radius 3 is 2.56 bits per heavy atom. The maximum atomic E-state index is 9.64. The number of nitrogens with one attached hydrogen (secondary N) is 1. The molecule has 1 rings (SSSR count). The van der Waals surface area contributed by atoms with Crippen LogP contribution in [0.3, 0.4) is 0 Å². The van der Waals surface area contributed by atoms with E-state index in [1.165, 1.54) is 32.4 Å². The first kappa shape index (κ1) is 13.9. The first-order valence-electron chi connectivity index (χ1n) is 6.44. The van der Waals surface area contributed by atoms with Gasteiger partial charge >= 0.3 is 0 Å². The van der Waals surface area contributed by atoms with Crippen LogP contribution in [0.25, 0.3) is 0 Å². The SMILES string of the molecule is CN(C)CC(O)CNCCN1CCCCC1. The summed E-state index contributed by atoms with van der Waals surface area (Å²) < 4.78 is 0. The Morgan fingerprint density at radius 1 is 1.25 bits per heavy atom. The zero-order chi connectivity index (χ0) is 11.8. The van der Waals surface area contributed by atoms with Gasteiger partial charge in [0.05, 0.1) is 6.10 Å². The van der Waals surface area contributed by atoms with Gasteiger partial charge in [-0.05, 0) is 40.0 Å². The summed E-state index contributed by atoms with van der Waals surface area (Å²) in [5.74, 6) is 0. The van der Waals surface area contributed by atoms with Gasteiger partial charge in [0.25, 0.3) is 0 Å². The Hall–Kier alpha value is -0.160. The second-order valence-corrected chi connectivity index (χ2v) is 5.02. The molecule has 1 unspecified atom stereocenters. The molecule has 1 saturated heterocycles. The van der Waals surface area contributed by atoms with E-state index in [1.54, 1.807) is 0 Å². The monoisotopic (exact) mass is 229 g/mol. The van der Waals surface area contributed by atoms with Crippen molar-refractivity contribution in [2.45, 2.75) is 25.4 Å². The molecule has 0 amide bonds. The largest absolute Gasteiger partial charge is 0.390 e. The zero-order valence-electron chi connectivity index (χ0n) is 10.8. The van der Waals surface area contributed by atoms with Crippen LogP contribution < -0.4 is 5.32 Å². The van der Waals surface area contributed by atoms with E-state index in [0.29, 0.717) is 6.54 Å². The van der Waals surface area contributed by atoms with Gasteiger partial charge < -0.3 is 20.2 Å². The first-order valence-corrected chi connectivity index (χ1v) is 6.44. The van der Waals surface area contributed by atoms with Gasteiger partial charge in [-0.1, -0.05) is 6.42 Å². The van der Waals surface area contributed by atoms with Gasteiger partial charge in [0.1, 0.15) is 0 Å². The summed E-state index contributed by atoms with van der Waals surface area (Å²) in [5.41, 5.74) is 0. The molecule has 2 N–H and O–H groups in total. The molecule has 0 radical (unpaired) electrons. The van der Waals surface area contributed by atoms with Crippen molar-refractivity contribution in [3.05, 3.63) is 0 Å². The molecule has 1 aliphatic rings. The van der Waals surface area contributed by atoms with Crippen LogP contribution in [0.15, 0.2) is 0 Å². The van der Waals surface area contributed by atoms with Gasteiger partial charge in [-0.2, -0.15) is 0 Å². The predicted molar refractivity (Wildman–Crippen MR) is 67.7 cm³/mol. The molecular weight excluding hydrogens is 202 g/mol. The Morgan fingerprint density at radius 2 is 1.94 bits per heavy atom. The molecule has 16 heavy (non-hydrogen) atoms. The highest BCUT2D eigenvalue weighted by molar-refractivity contribution is 4.67. The number of likely N-dealkylation sites (N-methyl/N-ethyl adjacent to an activating group) is 1. The highest BCUT2D eigenvalue weighted by atomic mass is 16.3.